The third-order valence-electron chi connectivity index (χ3n) is 2.10. The normalized spacial score (nSPS) is 15.3. The molecule has 0 fully saturated rings. The van der Waals surface area contributed by atoms with Crippen LogP contribution in [0.3, 0.4) is 0 Å². The van der Waals surface area contributed by atoms with Crippen molar-refractivity contribution in [1.29, 1.82) is 0 Å². The Morgan fingerprint density at radius 2 is 2.00 bits per heavy atom. The molecule has 0 aliphatic carbocycles. The van der Waals surface area contributed by atoms with Crippen LogP contribution in [-0.2, 0) is 4.79 Å². The third-order valence-corrected chi connectivity index (χ3v) is 3.00. The maximum absolute atomic E-state index is 11.5. The van der Waals surface area contributed by atoms with Crippen molar-refractivity contribution in [2.45, 2.75) is 26.8 Å². The molecule has 0 bridgehead atoms. The molecule has 0 heterocycles. The van der Waals surface area contributed by atoms with Crippen molar-refractivity contribution in [3.05, 3.63) is 0 Å². The number of rotatable bonds is 6. The molecule has 4 heteroatoms. The lowest BCUT2D eigenvalue weighted by Crippen LogP contribution is -2.45. The van der Waals surface area contributed by atoms with E-state index in [2.05, 4.69) is 18.5 Å². The van der Waals surface area contributed by atoms with Gasteiger partial charge >= 0.3 is 0 Å². The van der Waals surface area contributed by atoms with Gasteiger partial charge in [0.25, 0.3) is 0 Å². The van der Waals surface area contributed by atoms with Crippen LogP contribution in [0.1, 0.15) is 20.8 Å². The van der Waals surface area contributed by atoms with Crippen LogP contribution < -0.4 is 11.1 Å². The highest BCUT2D eigenvalue weighted by Crippen LogP contribution is 2.03. The molecule has 0 aliphatic rings. The average molecular weight is 218 g/mol. The van der Waals surface area contributed by atoms with Crippen LogP contribution in [0.2, 0.25) is 0 Å². The fourth-order valence-electron chi connectivity index (χ4n) is 1.04. The molecular formula is C10H22N2OS. The first kappa shape index (κ1) is 13.8. The highest BCUT2D eigenvalue weighted by Gasteiger charge is 2.16. The third kappa shape index (κ3) is 5.50. The largest absolute Gasteiger partial charge is 0.354 e. The number of thioether (sulfide) groups is 1. The fourth-order valence-corrected chi connectivity index (χ4v) is 1.73. The fraction of sp³-hybridized carbons (Fsp3) is 0.900. The van der Waals surface area contributed by atoms with Crippen molar-refractivity contribution in [3.8, 4) is 0 Å². The molecule has 84 valence electrons. The monoisotopic (exact) mass is 218 g/mol. The summed E-state index contributed by atoms with van der Waals surface area (Å²) in [6, 6.07) is -0.378. The van der Waals surface area contributed by atoms with Crippen molar-refractivity contribution < 1.29 is 4.79 Å². The molecule has 0 radical (unpaired) electrons. The lowest BCUT2D eigenvalue weighted by atomic mass is 10.0. The first-order chi connectivity index (χ1) is 6.49. The molecule has 3 N–H and O–H groups in total. The van der Waals surface area contributed by atoms with Gasteiger partial charge in [0.1, 0.15) is 0 Å². The van der Waals surface area contributed by atoms with Gasteiger partial charge in [-0.25, -0.2) is 0 Å². The van der Waals surface area contributed by atoms with Crippen LogP contribution in [0.5, 0.6) is 0 Å². The summed E-state index contributed by atoms with van der Waals surface area (Å²) in [4.78, 5) is 11.5. The van der Waals surface area contributed by atoms with Crippen LogP contribution in [0.4, 0.5) is 0 Å². The van der Waals surface area contributed by atoms with E-state index in [9.17, 15) is 4.79 Å². The zero-order valence-electron chi connectivity index (χ0n) is 9.54. The van der Waals surface area contributed by atoms with E-state index in [0.717, 1.165) is 12.3 Å². The topological polar surface area (TPSA) is 55.1 Å². The van der Waals surface area contributed by atoms with Gasteiger partial charge in [0.15, 0.2) is 0 Å². The number of nitrogens with two attached hydrogens (primary N) is 1. The number of hydrogen-bond donors (Lipinski definition) is 2. The Bertz CT molecular complexity index is 174. The van der Waals surface area contributed by atoms with E-state index in [0.29, 0.717) is 5.92 Å². The van der Waals surface area contributed by atoms with E-state index in [-0.39, 0.29) is 17.9 Å². The Morgan fingerprint density at radius 3 is 2.43 bits per heavy atom. The summed E-state index contributed by atoms with van der Waals surface area (Å²) in [5, 5.41) is 2.87. The van der Waals surface area contributed by atoms with Gasteiger partial charge in [-0.2, -0.15) is 11.8 Å². The smallest absolute Gasteiger partial charge is 0.237 e. The van der Waals surface area contributed by atoms with Gasteiger partial charge < -0.3 is 11.1 Å². The number of carbonyl (C=O) groups is 1. The predicted octanol–water partition coefficient (Wildman–Crippen LogP) is 1.08. The molecule has 0 aromatic carbocycles. The number of nitrogens with one attached hydrogen (secondary N) is 1. The van der Waals surface area contributed by atoms with E-state index in [1.54, 1.807) is 11.8 Å². The predicted molar refractivity (Wildman–Crippen MR) is 63.4 cm³/mol. The lowest BCUT2D eigenvalue weighted by molar-refractivity contribution is -0.123. The summed E-state index contributed by atoms with van der Waals surface area (Å²) in [5.74, 6) is 1.74. The zero-order valence-corrected chi connectivity index (χ0v) is 10.4. The molecule has 0 aliphatic heterocycles. The second kappa shape index (κ2) is 7.12. The highest BCUT2D eigenvalue weighted by atomic mass is 32.2. The molecule has 1 unspecified atom stereocenters. The zero-order chi connectivity index (χ0) is 11.1. The van der Waals surface area contributed by atoms with Gasteiger partial charge in [-0.1, -0.05) is 20.8 Å². The van der Waals surface area contributed by atoms with Crippen molar-refractivity contribution in [2.24, 2.45) is 17.6 Å². The van der Waals surface area contributed by atoms with Crippen LogP contribution in [0.15, 0.2) is 0 Å². The molecule has 3 nitrogen and oxygen atoms in total. The molecule has 0 saturated heterocycles. The summed E-state index contributed by atoms with van der Waals surface area (Å²) >= 11 is 1.79. The van der Waals surface area contributed by atoms with Gasteiger partial charge in [-0.3, -0.25) is 4.79 Å². The standard InChI is InChI=1S/C10H22N2OS/c1-7(2)9(11)10(13)12-5-8(3)6-14-4/h7-9H,5-6,11H2,1-4H3,(H,12,13)/t8?,9-/m1/s1. The van der Waals surface area contributed by atoms with Gasteiger partial charge in [-0.05, 0) is 23.8 Å². The SMILES string of the molecule is CSCC(C)CNC(=O)[C@H](N)C(C)C. The molecule has 0 saturated carbocycles. The van der Waals surface area contributed by atoms with Crippen LogP contribution >= 0.6 is 11.8 Å². The molecule has 1 amide bonds. The minimum atomic E-state index is -0.378. The number of carbonyl (C=O) groups excluding carboxylic acids is 1. The van der Waals surface area contributed by atoms with Crippen molar-refractivity contribution >= 4 is 17.7 Å². The van der Waals surface area contributed by atoms with Crippen LogP contribution in [-0.4, -0.2) is 30.5 Å². The summed E-state index contributed by atoms with van der Waals surface area (Å²) in [6.07, 6.45) is 2.07. The molecule has 0 aromatic heterocycles. The maximum Gasteiger partial charge on any atom is 0.237 e. The van der Waals surface area contributed by atoms with Gasteiger partial charge in [-0.15, -0.1) is 0 Å². The molecular weight excluding hydrogens is 196 g/mol. The second-order valence-electron chi connectivity index (χ2n) is 4.08. The first-order valence-corrected chi connectivity index (χ1v) is 6.40. The summed E-state index contributed by atoms with van der Waals surface area (Å²) < 4.78 is 0. The molecule has 0 spiro atoms. The maximum atomic E-state index is 11.5. The van der Waals surface area contributed by atoms with E-state index in [1.165, 1.54) is 0 Å². The van der Waals surface area contributed by atoms with E-state index in [1.807, 2.05) is 13.8 Å². The van der Waals surface area contributed by atoms with Crippen molar-refractivity contribution in [1.82, 2.24) is 5.32 Å². The minimum Gasteiger partial charge on any atom is -0.354 e. The first-order valence-electron chi connectivity index (χ1n) is 5.01. The van der Waals surface area contributed by atoms with Gasteiger partial charge in [0, 0.05) is 6.54 Å². The molecule has 0 rings (SSSR count). The Hall–Kier alpha value is -0.220. The van der Waals surface area contributed by atoms with E-state index in [4.69, 9.17) is 5.73 Å². The van der Waals surface area contributed by atoms with Crippen molar-refractivity contribution in [3.63, 3.8) is 0 Å². The summed E-state index contributed by atoms with van der Waals surface area (Å²) in [7, 11) is 0. The van der Waals surface area contributed by atoms with E-state index >= 15 is 0 Å². The van der Waals surface area contributed by atoms with Crippen molar-refractivity contribution in [2.75, 3.05) is 18.6 Å². The molecule has 14 heavy (non-hydrogen) atoms. The van der Waals surface area contributed by atoms with Gasteiger partial charge in [0.05, 0.1) is 6.04 Å². The van der Waals surface area contributed by atoms with E-state index < -0.39 is 0 Å². The van der Waals surface area contributed by atoms with Gasteiger partial charge in [0.2, 0.25) is 5.91 Å². The summed E-state index contributed by atoms with van der Waals surface area (Å²) in [5.41, 5.74) is 5.70. The Labute approximate surface area is 91.2 Å². The Morgan fingerprint density at radius 1 is 1.43 bits per heavy atom. The number of hydrogen-bond acceptors (Lipinski definition) is 3. The highest BCUT2D eigenvalue weighted by molar-refractivity contribution is 7.98. The Balaban J connectivity index is 3.73. The van der Waals surface area contributed by atoms with Crippen LogP contribution in [0.25, 0.3) is 0 Å². The minimum absolute atomic E-state index is 0.0343. The lowest BCUT2D eigenvalue weighted by Gasteiger charge is -2.17. The second-order valence-corrected chi connectivity index (χ2v) is 4.99. The van der Waals surface area contributed by atoms with Crippen LogP contribution in [0, 0.1) is 11.8 Å². The molecule has 2 atom stereocenters. The number of amides is 1. The quantitative estimate of drug-likeness (QED) is 0.701. The average Bonchev–Trinajstić information content (AvgIpc) is 2.13. The Kier molecular flexibility index (Phi) is 7.01. The summed E-state index contributed by atoms with van der Waals surface area (Å²) in [6.45, 7) is 6.75. The molecule has 0 aromatic rings.